The van der Waals surface area contributed by atoms with Crippen LogP contribution in [-0.4, -0.2) is 29.0 Å². The molecule has 0 aliphatic carbocycles. The van der Waals surface area contributed by atoms with Gasteiger partial charge in [0, 0.05) is 34.7 Å². The largest absolute Gasteiger partial charge is 0.618 e. The molecular formula is C28H25ClF3N3O. The van der Waals surface area contributed by atoms with Crippen LogP contribution in [0.2, 0.25) is 5.02 Å². The van der Waals surface area contributed by atoms with Gasteiger partial charge in [-0.25, -0.2) is 18.2 Å². The first-order chi connectivity index (χ1) is 17.2. The lowest BCUT2D eigenvalue weighted by Crippen LogP contribution is -2.38. The summed E-state index contributed by atoms with van der Waals surface area (Å²) < 4.78 is 44.0. The number of fused-ring (bicyclic) bond motifs is 1. The van der Waals surface area contributed by atoms with Crippen LogP contribution in [0.25, 0.3) is 33.3 Å². The van der Waals surface area contributed by atoms with E-state index in [0.29, 0.717) is 33.0 Å². The number of piperidine rings is 1. The molecule has 8 heteroatoms. The number of pyridine rings is 2. The van der Waals surface area contributed by atoms with Gasteiger partial charge in [0.05, 0.1) is 5.02 Å². The molecule has 5 rings (SSSR count). The number of aromatic nitrogens is 2. The van der Waals surface area contributed by atoms with E-state index < -0.39 is 23.0 Å². The molecule has 0 amide bonds. The van der Waals surface area contributed by atoms with Crippen molar-refractivity contribution in [2.45, 2.75) is 38.6 Å². The average Bonchev–Trinajstić information content (AvgIpc) is 2.84. The van der Waals surface area contributed by atoms with Crippen LogP contribution in [0.15, 0.2) is 54.7 Å². The van der Waals surface area contributed by atoms with Crippen LogP contribution < -0.4 is 4.73 Å². The summed E-state index contributed by atoms with van der Waals surface area (Å²) in [5.41, 5.74) is 1.43. The Balaban J connectivity index is 1.78. The molecule has 0 bridgehead atoms. The third-order valence-electron chi connectivity index (χ3n) is 7.00. The Bertz CT molecular complexity index is 1430. The van der Waals surface area contributed by atoms with E-state index >= 15 is 0 Å². The second kappa shape index (κ2) is 9.71. The normalized spacial score (nSPS) is 15.2. The van der Waals surface area contributed by atoms with E-state index in [-0.39, 0.29) is 22.2 Å². The van der Waals surface area contributed by atoms with Crippen molar-refractivity contribution in [2.75, 3.05) is 13.1 Å². The lowest BCUT2D eigenvalue weighted by Gasteiger charge is -2.34. The summed E-state index contributed by atoms with van der Waals surface area (Å²) in [6.07, 6.45) is 2.90. The number of hydrogen-bond acceptors (Lipinski definition) is 3. The molecule has 0 radical (unpaired) electrons. The van der Waals surface area contributed by atoms with Crippen LogP contribution in [0.1, 0.15) is 38.3 Å². The van der Waals surface area contributed by atoms with Crippen LogP contribution in [0.4, 0.5) is 13.2 Å². The molecule has 1 fully saturated rings. The van der Waals surface area contributed by atoms with Crippen LogP contribution in [0.3, 0.4) is 0 Å². The molecule has 1 saturated heterocycles. The molecule has 0 atom stereocenters. The maximum absolute atomic E-state index is 14.9. The maximum atomic E-state index is 14.9. The van der Waals surface area contributed by atoms with Crippen LogP contribution in [0.5, 0.6) is 0 Å². The van der Waals surface area contributed by atoms with E-state index in [4.69, 9.17) is 16.6 Å². The molecule has 4 aromatic rings. The molecule has 1 aliphatic rings. The highest BCUT2D eigenvalue weighted by atomic mass is 35.5. The summed E-state index contributed by atoms with van der Waals surface area (Å²) in [5, 5.41) is 13.7. The van der Waals surface area contributed by atoms with Crippen molar-refractivity contribution in [3.63, 3.8) is 0 Å². The predicted octanol–water partition coefficient (Wildman–Crippen LogP) is 6.86. The zero-order valence-corrected chi connectivity index (χ0v) is 20.7. The van der Waals surface area contributed by atoms with Crippen molar-refractivity contribution in [1.29, 1.82) is 0 Å². The highest BCUT2D eigenvalue weighted by Gasteiger charge is 2.28. The molecule has 0 unspecified atom stereocenters. The zero-order valence-electron chi connectivity index (χ0n) is 19.9. The van der Waals surface area contributed by atoms with Crippen LogP contribution in [-0.2, 0) is 0 Å². The minimum Gasteiger partial charge on any atom is -0.618 e. The average molecular weight is 512 g/mol. The van der Waals surface area contributed by atoms with Crippen molar-refractivity contribution < 1.29 is 17.9 Å². The summed E-state index contributed by atoms with van der Waals surface area (Å²) in [5.74, 6) is -2.10. The molecule has 36 heavy (non-hydrogen) atoms. The first-order valence-corrected chi connectivity index (χ1v) is 12.3. The van der Waals surface area contributed by atoms with Gasteiger partial charge in [-0.1, -0.05) is 17.7 Å². The fourth-order valence-corrected chi connectivity index (χ4v) is 5.32. The first-order valence-electron chi connectivity index (χ1n) is 11.9. The molecule has 2 aromatic heterocycles. The monoisotopic (exact) mass is 511 g/mol. The number of likely N-dealkylation sites (tertiary alicyclic amines) is 1. The van der Waals surface area contributed by atoms with Gasteiger partial charge in [-0.2, -0.15) is 4.73 Å². The predicted molar refractivity (Wildman–Crippen MR) is 135 cm³/mol. The molecule has 0 N–H and O–H groups in total. The fourth-order valence-electron chi connectivity index (χ4n) is 5.05. The minimum atomic E-state index is -0.856. The van der Waals surface area contributed by atoms with Gasteiger partial charge in [0.25, 0.3) is 5.69 Å². The van der Waals surface area contributed by atoms with Gasteiger partial charge in [0.15, 0.2) is 6.20 Å². The summed E-state index contributed by atoms with van der Waals surface area (Å²) in [4.78, 5) is 7.22. The highest BCUT2D eigenvalue weighted by Crippen LogP contribution is 2.40. The Kier molecular flexibility index (Phi) is 6.62. The summed E-state index contributed by atoms with van der Waals surface area (Å²) >= 11 is 6.44. The van der Waals surface area contributed by atoms with Gasteiger partial charge < -0.3 is 10.1 Å². The van der Waals surface area contributed by atoms with Crippen LogP contribution >= 0.6 is 11.6 Å². The minimum absolute atomic E-state index is 0.0843. The van der Waals surface area contributed by atoms with Crippen molar-refractivity contribution in [3.8, 4) is 22.4 Å². The number of rotatable bonds is 4. The number of hydrogen-bond donors (Lipinski definition) is 0. The molecule has 186 valence electrons. The van der Waals surface area contributed by atoms with Gasteiger partial charge in [0.1, 0.15) is 28.5 Å². The summed E-state index contributed by atoms with van der Waals surface area (Å²) in [6, 6.07) is 11.5. The quantitative estimate of drug-likeness (QED) is 0.222. The lowest BCUT2D eigenvalue weighted by molar-refractivity contribution is -0.592. The third-order valence-corrected chi connectivity index (χ3v) is 7.31. The Morgan fingerprint density at radius 2 is 1.69 bits per heavy atom. The Morgan fingerprint density at radius 1 is 1.00 bits per heavy atom. The second-order valence-corrected chi connectivity index (χ2v) is 9.88. The fraction of sp³-hybridized carbons (Fsp3) is 0.286. The summed E-state index contributed by atoms with van der Waals surface area (Å²) in [6.45, 7) is 6.09. The van der Waals surface area contributed by atoms with E-state index in [0.717, 1.165) is 38.1 Å². The van der Waals surface area contributed by atoms with Crippen molar-refractivity contribution in [1.82, 2.24) is 9.88 Å². The number of benzene rings is 2. The van der Waals surface area contributed by atoms with Gasteiger partial charge in [-0.15, -0.1) is 0 Å². The molecule has 1 aliphatic heterocycles. The van der Waals surface area contributed by atoms with E-state index in [1.807, 2.05) is 6.07 Å². The van der Waals surface area contributed by atoms with E-state index in [9.17, 15) is 18.4 Å². The van der Waals surface area contributed by atoms with Crippen LogP contribution in [0, 0.1) is 22.7 Å². The smallest absolute Gasteiger partial charge is 0.256 e. The standard InChI is InChI=1S/C28H25ClF3N3O/c1-16(2)34-11-8-17(9-12-34)25-15-21(19-7-6-18(30)14-22(19)29)20-10-13-35(36)28(27(20)33-25)26-23(31)4-3-5-24(26)32/h3-7,10,13-17H,8-9,11-12H2,1-2H3. The highest BCUT2D eigenvalue weighted by molar-refractivity contribution is 6.33. The molecule has 0 saturated carbocycles. The summed E-state index contributed by atoms with van der Waals surface area (Å²) in [7, 11) is 0. The Hall–Kier alpha value is -3.16. The zero-order chi connectivity index (χ0) is 25.6. The molecule has 0 spiro atoms. The number of nitrogens with zero attached hydrogens (tertiary/aromatic N) is 3. The van der Waals surface area contributed by atoms with E-state index in [2.05, 4.69) is 18.7 Å². The van der Waals surface area contributed by atoms with Crippen molar-refractivity contribution in [3.05, 3.63) is 88.1 Å². The first kappa shape index (κ1) is 24.5. The number of halogens is 4. The van der Waals surface area contributed by atoms with Gasteiger partial charge in [-0.3, -0.25) is 0 Å². The van der Waals surface area contributed by atoms with Gasteiger partial charge >= 0.3 is 0 Å². The molecule has 3 heterocycles. The Morgan fingerprint density at radius 3 is 2.33 bits per heavy atom. The van der Waals surface area contributed by atoms with Gasteiger partial charge in [0.2, 0.25) is 0 Å². The topological polar surface area (TPSA) is 43.1 Å². The molecule has 4 nitrogen and oxygen atoms in total. The molecule has 2 aromatic carbocycles. The van der Waals surface area contributed by atoms with E-state index in [1.165, 1.54) is 24.4 Å². The Labute approximate surface area is 212 Å². The lowest BCUT2D eigenvalue weighted by atomic mass is 9.89. The second-order valence-electron chi connectivity index (χ2n) is 9.47. The third kappa shape index (κ3) is 4.42. The van der Waals surface area contributed by atoms with Crippen molar-refractivity contribution in [2.24, 2.45) is 0 Å². The van der Waals surface area contributed by atoms with E-state index in [1.54, 1.807) is 12.1 Å². The maximum Gasteiger partial charge on any atom is 0.256 e. The molecular weight excluding hydrogens is 487 g/mol. The van der Waals surface area contributed by atoms with Crippen molar-refractivity contribution >= 4 is 22.5 Å². The SMILES string of the molecule is CC(C)N1CCC(c2cc(-c3ccc(F)cc3Cl)c3cc[n+]([O-])c(-c4c(F)cccc4F)c3n2)CC1. The van der Waals surface area contributed by atoms with Gasteiger partial charge in [-0.05, 0) is 81.7 Å².